The molecule has 0 unspecified atom stereocenters. The number of carbonyl (C=O) groups excluding carboxylic acids is 2. The van der Waals surface area contributed by atoms with Crippen LogP contribution in [0.25, 0.3) is 16.0 Å². The van der Waals surface area contributed by atoms with Gasteiger partial charge in [0.05, 0.1) is 35.0 Å². The van der Waals surface area contributed by atoms with Crippen LogP contribution >= 0.6 is 11.3 Å². The number of ether oxygens (including phenoxy) is 4. The van der Waals surface area contributed by atoms with Crippen molar-refractivity contribution in [1.82, 2.24) is 4.98 Å². The number of aliphatic hydroxyl groups is 1. The number of ketones is 1. The number of hydrogen-bond acceptors (Lipinski definition) is 9. The molecule has 3 heterocycles. The molecular formula is C38H34N2O7S. The van der Waals surface area contributed by atoms with Gasteiger partial charge in [-0.15, -0.1) is 0 Å². The van der Waals surface area contributed by atoms with E-state index >= 15 is 0 Å². The third-order valence-corrected chi connectivity index (χ3v) is 9.32. The topological polar surface area (TPSA) is 107 Å². The minimum Gasteiger partial charge on any atom is -0.507 e. The summed E-state index contributed by atoms with van der Waals surface area (Å²) in [6.45, 7) is 6.95. The van der Waals surface area contributed by atoms with Gasteiger partial charge in [-0.2, -0.15) is 0 Å². The van der Waals surface area contributed by atoms with Crippen molar-refractivity contribution in [1.29, 1.82) is 0 Å². The summed E-state index contributed by atoms with van der Waals surface area (Å²) in [5.41, 5.74) is 3.52. The van der Waals surface area contributed by atoms with E-state index in [4.69, 9.17) is 23.9 Å². The molecule has 1 N–H and O–H groups in total. The third kappa shape index (κ3) is 5.84. The molecule has 0 saturated carbocycles. The van der Waals surface area contributed by atoms with Crippen molar-refractivity contribution in [2.75, 3.05) is 18.1 Å². The second kappa shape index (κ2) is 13.0. The number of amides is 1. The van der Waals surface area contributed by atoms with Gasteiger partial charge in [-0.3, -0.25) is 14.5 Å². The lowest BCUT2D eigenvalue weighted by Crippen LogP contribution is -2.29. The summed E-state index contributed by atoms with van der Waals surface area (Å²) in [4.78, 5) is 34.0. The minimum atomic E-state index is -0.997. The Hall–Kier alpha value is -5.35. The van der Waals surface area contributed by atoms with Crippen molar-refractivity contribution in [2.24, 2.45) is 0 Å². The Morgan fingerprint density at radius 1 is 0.938 bits per heavy atom. The van der Waals surface area contributed by atoms with Gasteiger partial charge in [-0.25, -0.2) is 4.98 Å². The Balaban J connectivity index is 1.35. The van der Waals surface area contributed by atoms with E-state index in [1.165, 1.54) is 16.2 Å². The molecular weight excluding hydrogens is 628 g/mol. The molecule has 2 aliphatic heterocycles. The molecule has 1 amide bonds. The number of benzene rings is 4. The van der Waals surface area contributed by atoms with E-state index in [0.717, 1.165) is 21.6 Å². The zero-order valence-corrected chi connectivity index (χ0v) is 27.6. The number of aromatic nitrogens is 1. The molecule has 5 aromatic rings. The van der Waals surface area contributed by atoms with Crippen molar-refractivity contribution in [3.8, 4) is 23.0 Å². The van der Waals surface area contributed by atoms with Gasteiger partial charge in [0.1, 0.15) is 30.0 Å². The second-order valence-electron chi connectivity index (χ2n) is 11.6. The highest BCUT2D eigenvalue weighted by atomic mass is 32.1. The van der Waals surface area contributed by atoms with Gasteiger partial charge in [0.15, 0.2) is 16.6 Å². The van der Waals surface area contributed by atoms with Crippen LogP contribution in [-0.2, 0) is 22.6 Å². The van der Waals surface area contributed by atoms with Crippen LogP contribution in [0.4, 0.5) is 5.13 Å². The smallest absolute Gasteiger partial charge is 0.301 e. The van der Waals surface area contributed by atoms with Crippen LogP contribution in [0.1, 0.15) is 49.1 Å². The third-order valence-electron chi connectivity index (χ3n) is 8.30. The van der Waals surface area contributed by atoms with Crippen LogP contribution in [0.5, 0.6) is 23.0 Å². The Kier molecular flexibility index (Phi) is 8.49. The van der Waals surface area contributed by atoms with Gasteiger partial charge >= 0.3 is 5.91 Å². The number of nitrogens with zero attached hydrogens (tertiary/aromatic N) is 2. The summed E-state index contributed by atoms with van der Waals surface area (Å²) in [7, 11) is 0. The molecule has 0 bridgehead atoms. The second-order valence-corrected chi connectivity index (χ2v) is 12.6. The number of carbonyl (C=O) groups is 2. The van der Waals surface area contributed by atoms with E-state index in [1.807, 2.05) is 75.4 Å². The number of aliphatic hydroxyl groups excluding tert-OH is 1. The molecule has 1 saturated heterocycles. The van der Waals surface area contributed by atoms with Crippen molar-refractivity contribution >= 4 is 44.1 Å². The van der Waals surface area contributed by atoms with Crippen LogP contribution in [0.2, 0.25) is 0 Å². The average molecular weight is 663 g/mol. The van der Waals surface area contributed by atoms with Crippen molar-refractivity contribution in [2.45, 2.75) is 45.9 Å². The molecule has 0 radical (unpaired) electrons. The molecule has 4 aromatic carbocycles. The summed E-state index contributed by atoms with van der Waals surface area (Å²) in [6.07, 6.45) is 0.677. The molecule has 244 valence electrons. The largest absolute Gasteiger partial charge is 0.507 e. The fraction of sp³-hybridized carbons (Fsp3) is 0.237. The van der Waals surface area contributed by atoms with E-state index in [-0.39, 0.29) is 17.4 Å². The zero-order chi connectivity index (χ0) is 33.4. The van der Waals surface area contributed by atoms with Crippen LogP contribution in [0, 0.1) is 0 Å². The molecule has 0 spiro atoms. The van der Waals surface area contributed by atoms with Gasteiger partial charge in [-0.05, 0) is 86.0 Å². The number of rotatable bonds is 10. The quantitative estimate of drug-likeness (QED) is 0.0925. The number of fused-ring (bicyclic) bond motifs is 2. The van der Waals surface area contributed by atoms with Gasteiger partial charge in [-0.1, -0.05) is 47.7 Å². The SMILES string of the molecule is CCOc1ccc2nc(N3C(=O)C(=O)C(=C(O)c4ccc5c(c4)C[C@@H](C)O5)[C@H]3c3ccc(OCc4ccccc4)c(OCC)c3)sc2c1. The molecule has 7 rings (SSSR count). The molecule has 1 aromatic heterocycles. The lowest BCUT2D eigenvalue weighted by atomic mass is 9.94. The number of Topliss-reactive ketones (excluding diaryl/α,β-unsaturated/α-hetero) is 1. The first-order valence-electron chi connectivity index (χ1n) is 15.9. The summed E-state index contributed by atoms with van der Waals surface area (Å²) in [6, 6.07) is 24.9. The van der Waals surface area contributed by atoms with Crippen LogP contribution < -0.4 is 23.8 Å². The van der Waals surface area contributed by atoms with Crippen LogP contribution in [-0.4, -0.2) is 41.1 Å². The molecule has 9 nitrogen and oxygen atoms in total. The summed E-state index contributed by atoms with van der Waals surface area (Å²) in [5.74, 6) is 0.518. The van der Waals surface area contributed by atoms with Gasteiger partial charge < -0.3 is 24.1 Å². The molecule has 10 heteroatoms. The fourth-order valence-electron chi connectivity index (χ4n) is 6.14. The van der Waals surface area contributed by atoms with E-state index in [1.54, 1.807) is 30.3 Å². The molecule has 2 aliphatic rings. The zero-order valence-electron chi connectivity index (χ0n) is 26.8. The Morgan fingerprint density at radius 2 is 1.75 bits per heavy atom. The maximum Gasteiger partial charge on any atom is 0.301 e. The Morgan fingerprint density at radius 3 is 2.54 bits per heavy atom. The first-order chi connectivity index (χ1) is 23.3. The first kappa shape index (κ1) is 31.3. The predicted octanol–water partition coefficient (Wildman–Crippen LogP) is 7.62. The number of hydrogen-bond donors (Lipinski definition) is 1. The molecule has 48 heavy (non-hydrogen) atoms. The predicted molar refractivity (Wildman–Crippen MR) is 184 cm³/mol. The standard InChI is InChI=1S/C38H34N2O7S/c1-4-44-27-13-14-28-32(20-27)48-38(39-28)40-34(24-11-16-30(31(19-24)45-5-2)46-21-23-9-7-6-8-10-23)33(36(42)37(40)43)35(41)25-12-15-29-26(18-25)17-22(3)47-29/h6-16,18-20,22,34,41H,4-5,17,21H2,1-3H3/t22-,34-/m1/s1. The Labute approximate surface area is 282 Å². The van der Waals surface area contributed by atoms with Gasteiger partial charge in [0.25, 0.3) is 5.78 Å². The maximum absolute atomic E-state index is 13.9. The van der Waals surface area contributed by atoms with Crippen molar-refractivity contribution < 1.29 is 33.6 Å². The summed E-state index contributed by atoms with van der Waals surface area (Å²) < 4.78 is 24.5. The molecule has 0 aliphatic carbocycles. The summed E-state index contributed by atoms with van der Waals surface area (Å²) >= 11 is 1.27. The average Bonchev–Trinajstić information content (AvgIpc) is 3.76. The minimum absolute atomic E-state index is 0.00450. The lowest BCUT2D eigenvalue weighted by Gasteiger charge is -2.24. The van der Waals surface area contributed by atoms with Crippen molar-refractivity contribution in [3.63, 3.8) is 0 Å². The van der Waals surface area contributed by atoms with E-state index < -0.39 is 17.7 Å². The highest BCUT2D eigenvalue weighted by molar-refractivity contribution is 7.22. The molecule has 2 atom stereocenters. The van der Waals surface area contributed by atoms with E-state index in [0.29, 0.717) is 65.3 Å². The van der Waals surface area contributed by atoms with Crippen molar-refractivity contribution in [3.05, 3.63) is 113 Å². The number of thiazole rings is 1. The monoisotopic (exact) mass is 662 g/mol. The van der Waals surface area contributed by atoms with E-state index in [2.05, 4.69) is 0 Å². The van der Waals surface area contributed by atoms with Gasteiger partial charge in [0, 0.05) is 12.0 Å². The van der Waals surface area contributed by atoms with Crippen LogP contribution in [0.3, 0.4) is 0 Å². The lowest BCUT2D eigenvalue weighted by molar-refractivity contribution is -0.132. The molecule has 1 fully saturated rings. The maximum atomic E-state index is 13.9. The number of anilines is 1. The Bertz CT molecular complexity index is 2060. The highest BCUT2D eigenvalue weighted by Crippen LogP contribution is 2.46. The highest BCUT2D eigenvalue weighted by Gasteiger charge is 2.48. The van der Waals surface area contributed by atoms with E-state index in [9.17, 15) is 14.7 Å². The van der Waals surface area contributed by atoms with Gasteiger partial charge in [0.2, 0.25) is 0 Å². The fourth-order valence-corrected chi connectivity index (χ4v) is 7.16. The summed E-state index contributed by atoms with van der Waals surface area (Å²) in [5, 5.41) is 12.1. The first-order valence-corrected chi connectivity index (χ1v) is 16.7. The normalized spacial score (nSPS) is 18.2. The van der Waals surface area contributed by atoms with Crippen LogP contribution in [0.15, 0.2) is 90.5 Å².